The molecule has 0 heterocycles. The highest BCUT2D eigenvalue weighted by Gasteiger charge is 2.27. The Hall–Kier alpha value is -3.07. The summed E-state index contributed by atoms with van der Waals surface area (Å²) in [6.07, 6.45) is 58.0. The van der Waals surface area contributed by atoms with Crippen molar-refractivity contribution in [2.75, 3.05) is 40.9 Å². The van der Waals surface area contributed by atoms with Gasteiger partial charge >= 0.3 is 5.97 Å². The number of phosphoric acid groups is 1. The first kappa shape index (κ1) is 61.9. The lowest BCUT2D eigenvalue weighted by atomic mass is 10.1. The summed E-state index contributed by atoms with van der Waals surface area (Å²) in [7, 11) is 1.13. The Morgan fingerprint density at radius 2 is 1.02 bits per heavy atom. The number of esters is 1. The number of hydrogen-bond acceptors (Lipinski definition) is 7. The molecule has 9 nitrogen and oxygen atoms in total. The van der Waals surface area contributed by atoms with E-state index in [4.69, 9.17) is 13.8 Å². The fourth-order valence-electron chi connectivity index (χ4n) is 6.65. The zero-order valence-corrected chi connectivity index (χ0v) is 43.0. The van der Waals surface area contributed by atoms with Crippen LogP contribution in [0.3, 0.4) is 0 Å². The highest BCUT2D eigenvalue weighted by Crippen LogP contribution is 2.38. The third-order valence-electron chi connectivity index (χ3n) is 10.7. The van der Waals surface area contributed by atoms with Gasteiger partial charge < -0.3 is 28.5 Å². The number of nitrogens with one attached hydrogen (secondary N) is 1. The molecule has 0 aromatic carbocycles. The van der Waals surface area contributed by atoms with E-state index in [1.54, 1.807) is 6.08 Å². The molecule has 0 radical (unpaired) electrons. The maximum atomic E-state index is 13.4. The van der Waals surface area contributed by atoms with Crippen LogP contribution in [0, 0.1) is 0 Å². The van der Waals surface area contributed by atoms with Gasteiger partial charge in [0.25, 0.3) is 7.82 Å². The molecule has 0 fully saturated rings. The molecule has 0 aliphatic rings. The van der Waals surface area contributed by atoms with E-state index in [0.29, 0.717) is 23.9 Å². The Morgan fingerprint density at radius 3 is 1.58 bits per heavy atom. The fourth-order valence-corrected chi connectivity index (χ4v) is 7.37. The number of carbonyl (C=O) groups is 2. The number of nitrogens with zero attached hydrogens (tertiary/aromatic N) is 1. The fraction of sp³-hybridized carbons (Fsp3) is 0.673. The van der Waals surface area contributed by atoms with Crippen LogP contribution < -0.4 is 10.2 Å². The molecule has 65 heavy (non-hydrogen) atoms. The van der Waals surface area contributed by atoms with E-state index < -0.39 is 26.6 Å². The summed E-state index contributed by atoms with van der Waals surface area (Å²) in [5.74, 6) is -0.615. The molecule has 372 valence electrons. The lowest BCUT2D eigenvalue weighted by Crippen LogP contribution is -2.47. The molecule has 0 bridgehead atoms. The van der Waals surface area contributed by atoms with Crippen LogP contribution in [0.25, 0.3) is 0 Å². The minimum atomic E-state index is -4.71. The number of likely N-dealkylation sites (N-methyl/N-ethyl adjacent to an activating group) is 1. The summed E-state index contributed by atoms with van der Waals surface area (Å²) in [6.45, 7) is 6.57. The van der Waals surface area contributed by atoms with Crippen molar-refractivity contribution in [3.63, 3.8) is 0 Å². The molecule has 10 heteroatoms. The van der Waals surface area contributed by atoms with Crippen LogP contribution in [-0.2, 0) is 27.9 Å². The van der Waals surface area contributed by atoms with Crippen molar-refractivity contribution >= 4 is 19.7 Å². The van der Waals surface area contributed by atoms with Gasteiger partial charge in [-0.1, -0.05) is 202 Å². The first-order chi connectivity index (χ1) is 31.4. The van der Waals surface area contributed by atoms with Gasteiger partial charge in [0.15, 0.2) is 0 Å². The molecule has 0 spiro atoms. The number of carbonyl (C=O) groups excluding carboxylic acids is 2. The van der Waals surface area contributed by atoms with E-state index in [2.05, 4.69) is 50.4 Å². The average Bonchev–Trinajstić information content (AvgIpc) is 3.26. The number of quaternary nitrogens is 1. The molecule has 0 rings (SSSR count). The summed E-state index contributed by atoms with van der Waals surface area (Å²) >= 11 is 0. The molecule has 0 aromatic rings. The Morgan fingerprint density at radius 1 is 0.554 bits per heavy atom. The second-order valence-electron chi connectivity index (χ2n) is 18.1. The Bertz CT molecular complexity index is 1440. The van der Waals surface area contributed by atoms with Gasteiger partial charge in [-0.2, -0.15) is 0 Å². The minimum Gasteiger partial charge on any atom is -0.756 e. The third-order valence-corrected chi connectivity index (χ3v) is 11.6. The van der Waals surface area contributed by atoms with Gasteiger partial charge in [-0.25, -0.2) is 0 Å². The molecule has 1 amide bonds. The molecule has 0 saturated heterocycles. The van der Waals surface area contributed by atoms with Gasteiger partial charge in [-0.05, 0) is 70.3 Å². The SMILES string of the molecule is CC\C=C/C=C/C=C/C=C\C=C\C=C\CCCCCC(=O)NC(COP(=O)([O-])OCC[N+](C)(C)C)C(/C=C\CCCCCCCCCCC)OC(=O)CCCCCCC/C=C\CCCC. The van der Waals surface area contributed by atoms with Gasteiger partial charge in [-0.3, -0.25) is 14.2 Å². The molecule has 1 N–H and O–H groups in total. The van der Waals surface area contributed by atoms with Crippen molar-refractivity contribution in [2.24, 2.45) is 0 Å². The lowest BCUT2D eigenvalue weighted by Gasteiger charge is -2.30. The van der Waals surface area contributed by atoms with E-state index in [-0.39, 0.29) is 31.3 Å². The normalized spacial score (nSPS) is 14.8. The Balaban J connectivity index is 5.53. The summed E-state index contributed by atoms with van der Waals surface area (Å²) in [5.41, 5.74) is 0. The molecule has 3 unspecified atom stereocenters. The largest absolute Gasteiger partial charge is 0.756 e. The number of amides is 1. The van der Waals surface area contributed by atoms with Crippen LogP contribution in [0.15, 0.2) is 97.2 Å². The van der Waals surface area contributed by atoms with Gasteiger partial charge in [0.05, 0.1) is 33.8 Å². The Kier molecular flexibility index (Phi) is 42.6. The lowest BCUT2D eigenvalue weighted by molar-refractivity contribution is -0.870. The first-order valence-corrected chi connectivity index (χ1v) is 27.1. The first-order valence-electron chi connectivity index (χ1n) is 25.6. The van der Waals surface area contributed by atoms with Crippen LogP contribution in [0.1, 0.15) is 188 Å². The van der Waals surface area contributed by atoms with Crippen molar-refractivity contribution in [1.82, 2.24) is 5.32 Å². The number of ether oxygens (including phenoxy) is 1. The molecular formula is C55H95N2O7P. The zero-order valence-electron chi connectivity index (χ0n) is 42.2. The maximum absolute atomic E-state index is 13.4. The maximum Gasteiger partial charge on any atom is 0.306 e. The Labute approximate surface area is 398 Å². The average molecular weight is 927 g/mol. The van der Waals surface area contributed by atoms with Crippen molar-refractivity contribution in [1.29, 1.82) is 0 Å². The van der Waals surface area contributed by atoms with E-state index >= 15 is 0 Å². The number of hydrogen-bond donors (Lipinski definition) is 1. The van der Waals surface area contributed by atoms with Gasteiger partial charge in [0, 0.05) is 12.8 Å². The molecule has 3 atom stereocenters. The van der Waals surface area contributed by atoms with Crippen LogP contribution >= 0.6 is 7.82 Å². The second kappa shape index (κ2) is 44.7. The number of rotatable bonds is 44. The smallest absolute Gasteiger partial charge is 0.306 e. The molecule has 0 saturated carbocycles. The highest BCUT2D eigenvalue weighted by molar-refractivity contribution is 7.45. The number of allylic oxidation sites excluding steroid dienone is 15. The van der Waals surface area contributed by atoms with E-state index in [0.717, 1.165) is 83.5 Å². The summed E-state index contributed by atoms with van der Waals surface area (Å²) in [6, 6.07) is -0.917. The second-order valence-corrected chi connectivity index (χ2v) is 19.5. The zero-order chi connectivity index (χ0) is 48.0. The van der Waals surface area contributed by atoms with Crippen LogP contribution in [-0.4, -0.2) is 69.4 Å². The van der Waals surface area contributed by atoms with Crippen LogP contribution in [0.5, 0.6) is 0 Å². The van der Waals surface area contributed by atoms with Crippen molar-refractivity contribution in [2.45, 2.75) is 200 Å². The number of phosphoric ester groups is 1. The molecule has 0 aromatic heterocycles. The molecule has 0 aliphatic heterocycles. The highest BCUT2D eigenvalue weighted by atomic mass is 31.2. The van der Waals surface area contributed by atoms with Crippen LogP contribution in [0.2, 0.25) is 0 Å². The molecular weight excluding hydrogens is 832 g/mol. The summed E-state index contributed by atoms with van der Waals surface area (Å²) in [5, 5.41) is 2.97. The minimum absolute atomic E-state index is 0.0379. The third kappa shape index (κ3) is 45.9. The van der Waals surface area contributed by atoms with Crippen molar-refractivity contribution < 1.29 is 37.3 Å². The van der Waals surface area contributed by atoms with Gasteiger partial charge in [0.1, 0.15) is 19.3 Å². The van der Waals surface area contributed by atoms with Crippen molar-refractivity contribution in [3.8, 4) is 0 Å². The van der Waals surface area contributed by atoms with Gasteiger partial charge in [0.2, 0.25) is 5.91 Å². The van der Waals surface area contributed by atoms with Crippen LogP contribution in [0.4, 0.5) is 0 Å². The van der Waals surface area contributed by atoms with E-state index in [1.807, 2.05) is 88.0 Å². The van der Waals surface area contributed by atoms with Gasteiger partial charge in [-0.15, -0.1) is 0 Å². The summed E-state index contributed by atoms with van der Waals surface area (Å²) < 4.78 is 30.0. The quantitative estimate of drug-likeness (QED) is 0.0162. The topological polar surface area (TPSA) is 114 Å². The predicted molar refractivity (Wildman–Crippen MR) is 274 cm³/mol. The van der Waals surface area contributed by atoms with E-state index in [9.17, 15) is 19.0 Å². The van der Waals surface area contributed by atoms with E-state index in [1.165, 1.54) is 57.8 Å². The summed E-state index contributed by atoms with van der Waals surface area (Å²) in [4.78, 5) is 39.6. The standard InChI is InChI=1S/C55H95N2O7P/c1-7-10-13-16-19-22-25-26-27-28-29-30-33-35-38-41-44-47-54(58)56-52(51-63-65(60,61)62-50-49-57(4,5)6)53(46-43-40-37-34-31-23-20-17-14-11-8-2)64-55(59)48-45-42-39-36-32-24-21-18-15-12-9-3/h10,13,16,18-19,21-22,25-30,33,43,46,52-53H,7-9,11-12,14-15,17,20,23-24,31-32,34-42,44-45,47-51H2,1-6H3,(H-,56,58,60,61)/b13-10-,19-16+,21-18-,25-22+,27-26-,29-28+,33-30+,46-43-. The molecule has 0 aliphatic carbocycles. The van der Waals surface area contributed by atoms with Crippen molar-refractivity contribution in [3.05, 3.63) is 97.2 Å². The number of unbranched alkanes of at least 4 members (excludes halogenated alkanes) is 19. The predicted octanol–water partition coefficient (Wildman–Crippen LogP) is 14.2. The monoisotopic (exact) mass is 927 g/mol.